The van der Waals surface area contributed by atoms with Crippen molar-refractivity contribution in [2.75, 3.05) is 17.3 Å². The molecule has 0 radical (unpaired) electrons. The minimum Gasteiger partial charge on any atom is -0.370 e. The molecule has 0 bridgehead atoms. The molecular formula is C27H24N6O3. The molecule has 4 rings (SSSR count). The van der Waals surface area contributed by atoms with Crippen LogP contribution in [0.4, 0.5) is 11.6 Å². The highest BCUT2D eigenvalue weighted by atomic mass is 16.2. The van der Waals surface area contributed by atoms with Crippen LogP contribution in [0.1, 0.15) is 27.9 Å². The average molecular weight is 481 g/mol. The lowest BCUT2D eigenvalue weighted by molar-refractivity contribution is -0.118. The van der Waals surface area contributed by atoms with E-state index in [2.05, 4.69) is 10.3 Å². The molecule has 0 spiro atoms. The predicted molar refractivity (Wildman–Crippen MR) is 136 cm³/mol. The van der Waals surface area contributed by atoms with Crippen molar-refractivity contribution in [2.24, 2.45) is 5.73 Å². The molecule has 3 aromatic carbocycles. The first-order valence-corrected chi connectivity index (χ1v) is 11.3. The van der Waals surface area contributed by atoms with Gasteiger partial charge in [0.15, 0.2) is 0 Å². The number of aryl methyl sites for hydroxylation is 1. The maximum Gasteiger partial charge on any atom is 0.257 e. The van der Waals surface area contributed by atoms with Crippen LogP contribution in [0.5, 0.6) is 0 Å². The van der Waals surface area contributed by atoms with Gasteiger partial charge in [0, 0.05) is 31.3 Å². The minimum absolute atomic E-state index is 0.0579. The standard InChI is InChI=1S/C27H24N6O3/c1-32(25(35)15-18-5-3-2-4-6-18)21-11-12-23-22(16-21)30-27(33(23)14-13-24(29)34)31-26(36)20-9-7-19(17-28)8-10-20/h2-12,16H,13-15H2,1H3,(H2,29,34)(H,30,31,36). The lowest BCUT2D eigenvalue weighted by atomic mass is 10.1. The van der Waals surface area contributed by atoms with Crippen LogP contribution in [0, 0.1) is 11.3 Å². The smallest absolute Gasteiger partial charge is 0.257 e. The maximum absolute atomic E-state index is 12.8. The Labute approximate surface area is 207 Å². The van der Waals surface area contributed by atoms with E-state index in [9.17, 15) is 14.4 Å². The molecule has 0 aliphatic rings. The van der Waals surface area contributed by atoms with Crippen molar-refractivity contribution >= 4 is 40.4 Å². The number of primary amides is 1. The van der Waals surface area contributed by atoms with Crippen LogP contribution in [0.2, 0.25) is 0 Å². The Morgan fingerprint density at radius 3 is 2.44 bits per heavy atom. The van der Waals surface area contributed by atoms with Crippen molar-refractivity contribution in [2.45, 2.75) is 19.4 Å². The summed E-state index contributed by atoms with van der Waals surface area (Å²) >= 11 is 0. The van der Waals surface area contributed by atoms with Gasteiger partial charge >= 0.3 is 0 Å². The van der Waals surface area contributed by atoms with E-state index in [-0.39, 0.29) is 31.2 Å². The molecule has 0 aliphatic carbocycles. The zero-order chi connectivity index (χ0) is 25.7. The van der Waals surface area contributed by atoms with Crippen LogP contribution >= 0.6 is 0 Å². The highest BCUT2D eigenvalue weighted by molar-refractivity contribution is 6.04. The zero-order valence-corrected chi connectivity index (χ0v) is 19.6. The van der Waals surface area contributed by atoms with Crippen LogP contribution in [-0.4, -0.2) is 34.3 Å². The van der Waals surface area contributed by atoms with Crippen LogP contribution < -0.4 is 16.0 Å². The molecule has 1 heterocycles. The first-order chi connectivity index (χ1) is 17.4. The summed E-state index contributed by atoms with van der Waals surface area (Å²) < 4.78 is 1.71. The van der Waals surface area contributed by atoms with Crippen molar-refractivity contribution in [1.82, 2.24) is 9.55 Å². The molecule has 9 nitrogen and oxygen atoms in total. The number of carbonyl (C=O) groups is 3. The number of rotatable bonds is 8. The van der Waals surface area contributed by atoms with E-state index >= 15 is 0 Å². The largest absolute Gasteiger partial charge is 0.370 e. The van der Waals surface area contributed by atoms with Gasteiger partial charge in [-0.3, -0.25) is 19.7 Å². The Morgan fingerprint density at radius 2 is 1.78 bits per heavy atom. The van der Waals surface area contributed by atoms with Gasteiger partial charge in [-0.05, 0) is 48.0 Å². The number of nitrogens with zero attached hydrogens (tertiary/aromatic N) is 4. The van der Waals surface area contributed by atoms with Gasteiger partial charge in [-0.15, -0.1) is 0 Å². The summed E-state index contributed by atoms with van der Waals surface area (Å²) in [5, 5.41) is 11.7. The second-order valence-electron chi connectivity index (χ2n) is 8.23. The molecule has 0 fully saturated rings. The van der Waals surface area contributed by atoms with Gasteiger partial charge < -0.3 is 15.2 Å². The third-order valence-corrected chi connectivity index (χ3v) is 5.77. The molecule has 3 amide bonds. The number of nitrogens with one attached hydrogen (secondary N) is 1. The Bertz CT molecular complexity index is 1470. The van der Waals surface area contributed by atoms with Gasteiger partial charge in [-0.25, -0.2) is 4.98 Å². The van der Waals surface area contributed by atoms with Gasteiger partial charge in [0.2, 0.25) is 17.8 Å². The Hall–Kier alpha value is -4.97. The molecule has 36 heavy (non-hydrogen) atoms. The summed E-state index contributed by atoms with van der Waals surface area (Å²) in [6.45, 7) is 0.219. The number of imidazole rings is 1. The molecule has 9 heteroatoms. The first kappa shape index (κ1) is 24.2. The molecule has 0 unspecified atom stereocenters. The summed E-state index contributed by atoms with van der Waals surface area (Å²) in [6.07, 6.45) is 0.316. The van der Waals surface area contributed by atoms with Crippen molar-refractivity contribution in [3.05, 3.63) is 89.5 Å². The summed E-state index contributed by atoms with van der Waals surface area (Å²) in [5.41, 5.74) is 8.94. The van der Waals surface area contributed by atoms with Crippen molar-refractivity contribution in [3.63, 3.8) is 0 Å². The third-order valence-electron chi connectivity index (χ3n) is 5.77. The van der Waals surface area contributed by atoms with Crippen LogP contribution in [-0.2, 0) is 22.6 Å². The third kappa shape index (κ3) is 5.39. The van der Waals surface area contributed by atoms with Gasteiger partial charge in [0.05, 0.1) is 29.1 Å². The molecule has 1 aromatic heterocycles. The average Bonchev–Trinajstić information content (AvgIpc) is 3.23. The number of benzene rings is 3. The first-order valence-electron chi connectivity index (χ1n) is 11.3. The number of aromatic nitrogens is 2. The van der Waals surface area contributed by atoms with E-state index in [4.69, 9.17) is 11.0 Å². The fraction of sp³-hybridized carbons (Fsp3) is 0.148. The molecule has 3 N–H and O–H groups in total. The highest BCUT2D eigenvalue weighted by Gasteiger charge is 2.18. The number of nitriles is 1. The number of likely N-dealkylation sites (N-methyl/N-ethyl adjacent to an activating group) is 1. The predicted octanol–water partition coefficient (Wildman–Crippen LogP) is 3.24. The monoisotopic (exact) mass is 480 g/mol. The van der Waals surface area contributed by atoms with E-state index in [0.29, 0.717) is 27.8 Å². The lowest BCUT2D eigenvalue weighted by Gasteiger charge is -2.17. The van der Waals surface area contributed by atoms with Crippen molar-refractivity contribution in [3.8, 4) is 6.07 Å². The number of hydrogen-bond donors (Lipinski definition) is 2. The number of amides is 3. The van der Waals surface area contributed by atoms with Gasteiger partial charge in [-0.1, -0.05) is 30.3 Å². The van der Waals surface area contributed by atoms with E-state index in [1.807, 2.05) is 36.4 Å². The molecular weight excluding hydrogens is 456 g/mol. The molecule has 180 valence electrons. The van der Waals surface area contributed by atoms with Crippen molar-refractivity contribution in [1.29, 1.82) is 5.26 Å². The van der Waals surface area contributed by atoms with E-state index in [1.54, 1.807) is 59.0 Å². The molecule has 0 saturated heterocycles. The Morgan fingerprint density at radius 1 is 1.06 bits per heavy atom. The van der Waals surface area contributed by atoms with Gasteiger partial charge in [0.25, 0.3) is 5.91 Å². The number of hydrogen-bond acceptors (Lipinski definition) is 5. The van der Waals surface area contributed by atoms with Crippen molar-refractivity contribution < 1.29 is 14.4 Å². The SMILES string of the molecule is CN(C(=O)Cc1ccccc1)c1ccc2c(c1)nc(NC(=O)c1ccc(C#N)cc1)n2CCC(N)=O. The van der Waals surface area contributed by atoms with Crippen LogP contribution in [0.3, 0.4) is 0 Å². The molecule has 0 aliphatic heterocycles. The number of anilines is 2. The molecule has 4 aromatic rings. The normalized spacial score (nSPS) is 10.6. The van der Waals surface area contributed by atoms with Gasteiger partial charge in [0.1, 0.15) is 0 Å². The summed E-state index contributed by atoms with van der Waals surface area (Å²) in [4.78, 5) is 43.2. The van der Waals surface area contributed by atoms with Crippen LogP contribution in [0.25, 0.3) is 11.0 Å². The quantitative estimate of drug-likeness (QED) is 0.399. The second-order valence-corrected chi connectivity index (χ2v) is 8.23. The Balaban J connectivity index is 1.62. The minimum atomic E-state index is -0.482. The zero-order valence-electron chi connectivity index (χ0n) is 19.6. The fourth-order valence-corrected chi connectivity index (χ4v) is 3.77. The van der Waals surface area contributed by atoms with E-state index in [1.165, 1.54) is 0 Å². The fourth-order valence-electron chi connectivity index (χ4n) is 3.77. The summed E-state index contributed by atoms with van der Waals surface area (Å²) in [5.74, 6) is -0.728. The number of nitrogens with two attached hydrogens (primary N) is 1. The van der Waals surface area contributed by atoms with Gasteiger partial charge in [-0.2, -0.15) is 5.26 Å². The van der Waals surface area contributed by atoms with Crippen LogP contribution in [0.15, 0.2) is 72.8 Å². The molecule has 0 atom stereocenters. The number of carbonyl (C=O) groups excluding carboxylic acids is 3. The topological polar surface area (TPSA) is 134 Å². The lowest BCUT2D eigenvalue weighted by Crippen LogP contribution is -2.27. The van der Waals surface area contributed by atoms with E-state index in [0.717, 1.165) is 5.56 Å². The Kier molecular flexibility index (Phi) is 7.07. The summed E-state index contributed by atoms with van der Waals surface area (Å²) in [6, 6.07) is 23.1. The number of fused-ring (bicyclic) bond motifs is 1. The summed E-state index contributed by atoms with van der Waals surface area (Å²) in [7, 11) is 1.70. The van der Waals surface area contributed by atoms with E-state index < -0.39 is 11.8 Å². The highest BCUT2D eigenvalue weighted by Crippen LogP contribution is 2.26. The second kappa shape index (κ2) is 10.5. The molecule has 0 saturated carbocycles. The maximum atomic E-state index is 12.8.